The molecule has 2 N–H and O–H groups in total. The highest BCUT2D eigenvalue weighted by molar-refractivity contribution is 7.10. The van der Waals surface area contributed by atoms with Crippen LogP contribution in [0, 0.1) is 23.4 Å². The predicted octanol–water partition coefficient (Wildman–Crippen LogP) is 4.02. The van der Waals surface area contributed by atoms with Crippen LogP contribution in [0.25, 0.3) is 11.4 Å². The molecule has 2 amide bonds. The van der Waals surface area contributed by atoms with Crippen LogP contribution in [0.3, 0.4) is 0 Å². The molecule has 6 nitrogen and oxygen atoms in total. The van der Waals surface area contributed by atoms with E-state index >= 15 is 0 Å². The molecule has 3 rings (SSSR count). The summed E-state index contributed by atoms with van der Waals surface area (Å²) in [5.74, 6) is -4.18. The van der Waals surface area contributed by atoms with Gasteiger partial charge in [0.05, 0.1) is 0 Å². The second-order valence-electron chi connectivity index (χ2n) is 6.71. The lowest BCUT2D eigenvalue weighted by Gasteiger charge is -2.21. The molecule has 1 atom stereocenters. The Bertz CT molecular complexity index is 1050. The molecule has 0 spiro atoms. The van der Waals surface area contributed by atoms with Crippen LogP contribution in [0.5, 0.6) is 0 Å². The zero-order valence-electron chi connectivity index (χ0n) is 15.9. The number of benzene rings is 2. The molecule has 3 aromatic rings. The topological polar surface area (TPSA) is 84.0 Å². The Balaban J connectivity index is 1.73. The first-order valence-corrected chi connectivity index (χ1v) is 9.69. The van der Waals surface area contributed by atoms with Gasteiger partial charge in [-0.15, -0.1) is 0 Å². The SMILES string of the molecule is CC(C)C(NC(=O)c1c(F)cccc1F)C(=O)Nc1nc(-c2ccc(F)cc2)ns1. The summed E-state index contributed by atoms with van der Waals surface area (Å²) in [5, 5.41) is 5.07. The molecule has 1 unspecified atom stereocenters. The van der Waals surface area contributed by atoms with E-state index in [1.807, 2.05) is 0 Å². The molecule has 2 aromatic carbocycles. The lowest BCUT2D eigenvalue weighted by molar-refractivity contribution is -0.118. The van der Waals surface area contributed by atoms with Crippen LogP contribution in [-0.2, 0) is 4.79 Å². The van der Waals surface area contributed by atoms with Crippen molar-refractivity contribution in [1.82, 2.24) is 14.7 Å². The van der Waals surface area contributed by atoms with Crippen LogP contribution < -0.4 is 10.6 Å². The first kappa shape index (κ1) is 21.4. The Morgan fingerprint density at radius 2 is 1.63 bits per heavy atom. The van der Waals surface area contributed by atoms with E-state index in [1.54, 1.807) is 13.8 Å². The van der Waals surface area contributed by atoms with Crippen molar-refractivity contribution in [2.45, 2.75) is 19.9 Å². The minimum atomic E-state index is -1.07. The van der Waals surface area contributed by atoms with E-state index in [0.29, 0.717) is 11.4 Å². The van der Waals surface area contributed by atoms with Gasteiger partial charge in [-0.3, -0.25) is 14.9 Å². The smallest absolute Gasteiger partial charge is 0.257 e. The molecule has 10 heteroatoms. The van der Waals surface area contributed by atoms with Gasteiger partial charge in [0.15, 0.2) is 5.82 Å². The van der Waals surface area contributed by atoms with Gasteiger partial charge in [0.25, 0.3) is 5.91 Å². The molecule has 0 aliphatic rings. The summed E-state index contributed by atoms with van der Waals surface area (Å²) in [7, 11) is 0. The van der Waals surface area contributed by atoms with Crippen molar-refractivity contribution in [2.24, 2.45) is 5.92 Å². The van der Waals surface area contributed by atoms with Crippen molar-refractivity contribution in [1.29, 1.82) is 0 Å². The molecule has 1 heterocycles. The fourth-order valence-electron chi connectivity index (χ4n) is 2.64. The summed E-state index contributed by atoms with van der Waals surface area (Å²) < 4.78 is 44.9. The van der Waals surface area contributed by atoms with E-state index < -0.39 is 40.9 Å². The van der Waals surface area contributed by atoms with Gasteiger partial charge < -0.3 is 5.32 Å². The summed E-state index contributed by atoms with van der Waals surface area (Å²) in [6, 6.07) is 7.52. The number of rotatable bonds is 6. The first-order valence-electron chi connectivity index (χ1n) is 8.91. The van der Waals surface area contributed by atoms with E-state index in [2.05, 4.69) is 20.0 Å². The molecule has 0 fully saturated rings. The zero-order valence-corrected chi connectivity index (χ0v) is 16.8. The van der Waals surface area contributed by atoms with Crippen LogP contribution in [0.4, 0.5) is 18.3 Å². The quantitative estimate of drug-likeness (QED) is 0.614. The molecule has 156 valence electrons. The van der Waals surface area contributed by atoms with E-state index in [-0.39, 0.29) is 11.0 Å². The molecule has 0 bridgehead atoms. The van der Waals surface area contributed by atoms with Gasteiger partial charge in [-0.1, -0.05) is 19.9 Å². The van der Waals surface area contributed by atoms with Crippen molar-refractivity contribution in [2.75, 3.05) is 5.32 Å². The van der Waals surface area contributed by atoms with Gasteiger partial charge in [-0.2, -0.15) is 9.36 Å². The number of aromatic nitrogens is 2. The fraction of sp³-hybridized carbons (Fsp3) is 0.200. The summed E-state index contributed by atoms with van der Waals surface area (Å²) in [4.78, 5) is 29.2. The second kappa shape index (κ2) is 9.04. The summed E-state index contributed by atoms with van der Waals surface area (Å²) in [6.45, 7) is 3.35. The van der Waals surface area contributed by atoms with Crippen LogP contribution in [0.15, 0.2) is 42.5 Å². The Kier molecular flexibility index (Phi) is 6.46. The summed E-state index contributed by atoms with van der Waals surface area (Å²) in [5.41, 5.74) is -0.192. The van der Waals surface area contributed by atoms with Gasteiger partial charge in [0, 0.05) is 17.1 Å². The Morgan fingerprint density at radius 3 is 2.23 bits per heavy atom. The molecule has 0 aliphatic carbocycles. The summed E-state index contributed by atoms with van der Waals surface area (Å²) in [6.07, 6.45) is 0. The lowest BCUT2D eigenvalue weighted by Crippen LogP contribution is -2.47. The highest BCUT2D eigenvalue weighted by Gasteiger charge is 2.28. The third-order valence-electron chi connectivity index (χ3n) is 4.18. The monoisotopic (exact) mass is 434 g/mol. The average Bonchev–Trinajstić information content (AvgIpc) is 3.14. The van der Waals surface area contributed by atoms with Crippen LogP contribution >= 0.6 is 11.5 Å². The highest BCUT2D eigenvalue weighted by Crippen LogP contribution is 2.22. The largest absolute Gasteiger partial charge is 0.340 e. The van der Waals surface area contributed by atoms with Crippen molar-refractivity contribution >= 4 is 28.5 Å². The summed E-state index contributed by atoms with van der Waals surface area (Å²) >= 11 is 0.907. The lowest BCUT2D eigenvalue weighted by atomic mass is 10.0. The number of carbonyl (C=O) groups excluding carboxylic acids is 2. The predicted molar refractivity (Wildman–Crippen MR) is 106 cm³/mol. The van der Waals surface area contributed by atoms with Gasteiger partial charge in [-0.05, 0) is 42.3 Å². The molecule has 1 aromatic heterocycles. The zero-order chi connectivity index (χ0) is 21.8. The number of halogens is 3. The third kappa shape index (κ3) is 4.82. The maximum Gasteiger partial charge on any atom is 0.257 e. The van der Waals surface area contributed by atoms with Crippen LogP contribution in [0.2, 0.25) is 0 Å². The standard InChI is InChI=1S/C20H17F3N4O2S/c1-10(2)16(24-18(28)15-13(22)4-3-5-14(15)23)19(29)26-20-25-17(27-30-20)11-6-8-12(21)9-7-11/h3-10,16H,1-2H3,(H,24,28)(H,25,26,27,29). The normalized spacial score (nSPS) is 11.9. The number of nitrogens with zero attached hydrogens (tertiary/aromatic N) is 2. The second-order valence-corrected chi connectivity index (χ2v) is 7.46. The molecule has 0 aliphatic heterocycles. The van der Waals surface area contributed by atoms with E-state index in [0.717, 1.165) is 29.7 Å². The van der Waals surface area contributed by atoms with Crippen molar-refractivity contribution in [3.63, 3.8) is 0 Å². The highest BCUT2D eigenvalue weighted by atomic mass is 32.1. The minimum Gasteiger partial charge on any atom is -0.340 e. The number of hydrogen-bond acceptors (Lipinski definition) is 5. The van der Waals surface area contributed by atoms with Crippen molar-refractivity contribution < 1.29 is 22.8 Å². The maximum absolute atomic E-state index is 13.8. The number of nitrogens with one attached hydrogen (secondary N) is 2. The number of amides is 2. The van der Waals surface area contributed by atoms with Crippen LogP contribution in [0.1, 0.15) is 24.2 Å². The van der Waals surface area contributed by atoms with Gasteiger partial charge in [0.2, 0.25) is 11.0 Å². The van der Waals surface area contributed by atoms with E-state index in [1.165, 1.54) is 24.3 Å². The Labute approximate surface area is 174 Å². The average molecular weight is 434 g/mol. The molecule has 0 saturated heterocycles. The van der Waals surface area contributed by atoms with E-state index in [4.69, 9.17) is 0 Å². The molecular formula is C20H17F3N4O2S. The molecule has 0 saturated carbocycles. The molecule has 30 heavy (non-hydrogen) atoms. The van der Waals surface area contributed by atoms with Crippen molar-refractivity contribution in [3.8, 4) is 11.4 Å². The number of carbonyl (C=O) groups is 2. The van der Waals surface area contributed by atoms with Crippen LogP contribution in [-0.4, -0.2) is 27.2 Å². The Morgan fingerprint density at radius 1 is 1.00 bits per heavy atom. The van der Waals surface area contributed by atoms with Crippen molar-refractivity contribution in [3.05, 3.63) is 65.5 Å². The van der Waals surface area contributed by atoms with Gasteiger partial charge >= 0.3 is 0 Å². The number of anilines is 1. The molecular weight excluding hydrogens is 417 g/mol. The van der Waals surface area contributed by atoms with E-state index in [9.17, 15) is 22.8 Å². The molecule has 0 radical (unpaired) electrons. The fourth-order valence-corrected chi connectivity index (χ4v) is 3.23. The number of hydrogen-bond donors (Lipinski definition) is 2. The third-order valence-corrected chi connectivity index (χ3v) is 4.81. The maximum atomic E-state index is 13.8. The first-order chi connectivity index (χ1) is 14.3. The van der Waals surface area contributed by atoms with Gasteiger partial charge in [-0.25, -0.2) is 13.2 Å². The Hall–Kier alpha value is -3.27. The van der Waals surface area contributed by atoms with Gasteiger partial charge in [0.1, 0.15) is 29.1 Å². The minimum absolute atomic E-state index is 0.163.